The first-order chi connectivity index (χ1) is 27.6. The largest absolute Gasteiger partial charge is 0.398 e. The molecule has 0 saturated carbocycles. The molecule has 0 radical (unpaired) electrons. The van der Waals surface area contributed by atoms with Gasteiger partial charge in [0, 0.05) is 70.6 Å². The van der Waals surface area contributed by atoms with Crippen LogP contribution in [-0.4, -0.2) is 27.4 Å². The standard InChI is InChI=1S/C50H38N6/c1-4-7-17-43(51)39-31-37(32-40(44(6-3)52-26-8-5-2)49(39)47-20-11-15-29-55-47)35-22-24-36(25-23-35)38-33-41(45-18-9-13-27-53-45)50(48-21-12-16-30-56-48)42(34-38)46-19-10-14-28-54-46/h3-5,7-11,13-20,22-34,44H,51H2,1-2H3/b7-4-,8-5-,43-17-,52-26?. The van der Waals surface area contributed by atoms with E-state index in [4.69, 9.17) is 32.1 Å². The van der Waals surface area contributed by atoms with Crippen LogP contribution in [0.2, 0.25) is 0 Å². The van der Waals surface area contributed by atoms with Gasteiger partial charge in [-0.15, -0.1) is 6.42 Å². The molecule has 56 heavy (non-hydrogen) atoms. The summed E-state index contributed by atoms with van der Waals surface area (Å²) < 4.78 is 0. The molecule has 0 bridgehead atoms. The van der Waals surface area contributed by atoms with Gasteiger partial charge in [-0.1, -0.05) is 72.3 Å². The Balaban J connectivity index is 1.42. The number of aliphatic imine (C=N–C) groups is 2. The molecule has 1 aliphatic rings. The van der Waals surface area contributed by atoms with Gasteiger partial charge in [-0.05, 0) is 120 Å². The highest BCUT2D eigenvalue weighted by molar-refractivity contribution is 5.96. The third-order valence-electron chi connectivity index (χ3n) is 9.20. The van der Waals surface area contributed by atoms with E-state index in [9.17, 15) is 0 Å². The number of nitrogens with two attached hydrogens (primary N) is 1. The Morgan fingerprint density at radius 3 is 1.82 bits per heavy atom. The third-order valence-corrected chi connectivity index (χ3v) is 9.20. The zero-order valence-electron chi connectivity index (χ0n) is 31.1. The van der Waals surface area contributed by atoms with Crippen LogP contribution >= 0.6 is 0 Å². The molecule has 3 aromatic heterocycles. The predicted octanol–water partition coefficient (Wildman–Crippen LogP) is 11.1. The Bertz CT molecular complexity index is 2600. The molecule has 0 aliphatic carbocycles. The van der Waals surface area contributed by atoms with Crippen LogP contribution in [0, 0.1) is 12.3 Å². The number of rotatable bonds is 11. The molecule has 0 spiro atoms. The van der Waals surface area contributed by atoms with Crippen molar-refractivity contribution in [2.45, 2.75) is 19.9 Å². The summed E-state index contributed by atoms with van der Waals surface area (Å²) in [5.74, 6) is 2.91. The number of hydrogen-bond donors (Lipinski definition) is 1. The topological polar surface area (TPSA) is 89.4 Å². The fourth-order valence-corrected chi connectivity index (χ4v) is 6.58. The molecule has 7 rings (SSSR count). The lowest BCUT2D eigenvalue weighted by atomic mass is 9.87. The lowest BCUT2D eigenvalue weighted by Gasteiger charge is -2.20. The lowest BCUT2D eigenvalue weighted by molar-refractivity contribution is 0.954. The van der Waals surface area contributed by atoms with Crippen molar-refractivity contribution < 1.29 is 0 Å². The Morgan fingerprint density at radius 1 is 0.714 bits per heavy atom. The van der Waals surface area contributed by atoms with Crippen molar-refractivity contribution in [2.75, 3.05) is 0 Å². The highest BCUT2D eigenvalue weighted by Gasteiger charge is 2.23. The molecule has 6 nitrogen and oxygen atoms in total. The summed E-state index contributed by atoms with van der Waals surface area (Å²) in [6, 6.07) is 34.1. The highest BCUT2D eigenvalue weighted by atomic mass is 14.8. The van der Waals surface area contributed by atoms with E-state index in [1.54, 1.807) is 37.1 Å². The predicted molar refractivity (Wildman–Crippen MR) is 232 cm³/mol. The summed E-state index contributed by atoms with van der Waals surface area (Å²) in [4.78, 5) is 23.7. The Kier molecular flexibility index (Phi) is 11.4. The van der Waals surface area contributed by atoms with Crippen molar-refractivity contribution in [2.24, 2.45) is 15.7 Å². The van der Waals surface area contributed by atoms with E-state index in [0.29, 0.717) is 11.4 Å². The van der Waals surface area contributed by atoms with Gasteiger partial charge in [0.05, 0.1) is 17.1 Å². The number of allylic oxidation sites excluding steroid dienone is 6. The number of terminal acetylenes is 1. The van der Waals surface area contributed by atoms with Crippen molar-refractivity contribution >= 4 is 23.8 Å². The van der Waals surface area contributed by atoms with Crippen molar-refractivity contribution in [3.8, 4) is 68.4 Å². The second-order valence-electron chi connectivity index (χ2n) is 12.8. The van der Waals surface area contributed by atoms with Crippen LogP contribution < -0.4 is 5.73 Å². The number of pyridine rings is 3. The van der Waals surface area contributed by atoms with Gasteiger partial charge in [-0.3, -0.25) is 19.9 Å². The fraction of sp³-hybridized carbons (Fsp3) is 0.0600. The minimum atomic E-state index is -0.585. The summed E-state index contributed by atoms with van der Waals surface area (Å²) in [6.45, 7) is 3.90. The van der Waals surface area contributed by atoms with Gasteiger partial charge in [-0.25, -0.2) is 4.99 Å². The zero-order chi connectivity index (χ0) is 38.7. The third kappa shape index (κ3) is 7.96. The number of aromatic nitrogens is 3. The van der Waals surface area contributed by atoms with Crippen LogP contribution in [0.15, 0.2) is 180 Å². The molecule has 0 saturated heterocycles. The Morgan fingerprint density at radius 2 is 1.30 bits per heavy atom. The maximum Gasteiger partial charge on any atom is 0.136 e. The monoisotopic (exact) mass is 722 g/mol. The van der Waals surface area contributed by atoms with Gasteiger partial charge in [0.25, 0.3) is 0 Å². The Hall–Kier alpha value is -7.67. The summed E-state index contributed by atoms with van der Waals surface area (Å²) in [7, 11) is 0. The highest BCUT2D eigenvalue weighted by Crippen LogP contribution is 2.42. The normalized spacial score (nSPS) is 13.1. The van der Waals surface area contributed by atoms with Gasteiger partial charge in [-0.2, -0.15) is 0 Å². The van der Waals surface area contributed by atoms with Crippen LogP contribution in [0.3, 0.4) is 0 Å². The lowest BCUT2D eigenvalue weighted by Crippen LogP contribution is -2.06. The van der Waals surface area contributed by atoms with Crippen molar-refractivity contribution in [3.05, 3.63) is 186 Å². The van der Waals surface area contributed by atoms with Crippen molar-refractivity contribution in [1.29, 1.82) is 0 Å². The first-order valence-corrected chi connectivity index (χ1v) is 18.2. The maximum absolute atomic E-state index is 6.84. The summed E-state index contributed by atoms with van der Waals surface area (Å²) in [5, 5.41) is 0. The number of nitrogens with zero attached hydrogens (tertiary/aromatic N) is 5. The second kappa shape index (κ2) is 17.4. The maximum atomic E-state index is 6.84. The number of benzene rings is 3. The van der Waals surface area contributed by atoms with E-state index >= 15 is 0 Å². The molecule has 6 aromatic rings. The van der Waals surface area contributed by atoms with E-state index in [0.717, 1.165) is 72.7 Å². The van der Waals surface area contributed by atoms with Crippen LogP contribution in [-0.2, 0) is 0 Å². The minimum Gasteiger partial charge on any atom is -0.398 e. The van der Waals surface area contributed by atoms with Crippen molar-refractivity contribution in [3.63, 3.8) is 0 Å². The molecule has 3 aromatic carbocycles. The zero-order valence-corrected chi connectivity index (χ0v) is 31.1. The second-order valence-corrected chi connectivity index (χ2v) is 12.8. The van der Waals surface area contributed by atoms with Gasteiger partial charge in [0.1, 0.15) is 11.7 Å². The van der Waals surface area contributed by atoms with Crippen LogP contribution in [0.1, 0.15) is 36.6 Å². The van der Waals surface area contributed by atoms with Gasteiger partial charge in [0.2, 0.25) is 0 Å². The van der Waals surface area contributed by atoms with Gasteiger partial charge < -0.3 is 5.73 Å². The first kappa shape index (κ1) is 36.7. The SMILES string of the molecule is C#CC(N=C/C=C\C)c1cc(-c2ccc(-c3cc(-c4ccccn4)c(C4=C=C=CC=N4)c(-c4ccccn4)c3)cc2)cc(/C(N)=C/C=C\C)c1-c1ccccn1. The molecule has 4 heterocycles. The van der Waals surface area contributed by atoms with Crippen LogP contribution in [0.4, 0.5) is 0 Å². The van der Waals surface area contributed by atoms with E-state index in [1.807, 2.05) is 98.8 Å². The summed E-state index contributed by atoms with van der Waals surface area (Å²) in [5.41, 5.74) is 25.9. The molecular weight excluding hydrogens is 685 g/mol. The average molecular weight is 723 g/mol. The first-order valence-electron chi connectivity index (χ1n) is 18.2. The van der Waals surface area contributed by atoms with Crippen LogP contribution in [0.25, 0.3) is 67.4 Å². The Labute approximate surface area is 328 Å². The molecule has 268 valence electrons. The van der Waals surface area contributed by atoms with Gasteiger partial charge >= 0.3 is 0 Å². The van der Waals surface area contributed by atoms with E-state index in [-0.39, 0.29) is 0 Å². The minimum absolute atomic E-state index is 0.585. The molecule has 1 atom stereocenters. The molecule has 2 N–H and O–H groups in total. The molecular formula is C50H38N6. The summed E-state index contributed by atoms with van der Waals surface area (Å²) in [6.07, 6.45) is 26.3. The average Bonchev–Trinajstić information content (AvgIpc) is 3.27. The van der Waals surface area contributed by atoms with Gasteiger partial charge in [0.15, 0.2) is 0 Å². The smallest absolute Gasteiger partial charge is 0.136 e. The molecule has 0 amide bonds. The van der Waals surface area contributed by atoms with Crippen LogP contribution in [0.5, 0.6) is 0 Å². The van der Waals surface area contributed by atoms with E-state index < -0.39 is 6.04 Å². The van der Waals surface area contributed by atoms with E-state index in [2.05, 4.69) is 70.9 Å². The fourth-order valence-electron chi connectivity index (χ4n) is 6.58. The molecule has 0 fully saturated rings. The molecule has 1 aliphatic heterocycles. The summed E-state index contributed by atoms with van der Waals surface area (Å²) >= 11 is 0. The van der Waals surface area contributed by atoms with Crippen molar-refractivity contribution in [1.82, 2.24) is 15.0 Å². The quantitative estimate of drug-likeness (QED) is 0.0624. The molecule has 6 heteroatoms. The van der Waals surface area contributed by atoms with E-state index in [1.165, 1.54) is 0 Å². The number of hydrogen-bond acceptors (Lipinski definition) is 6. The molecule has 1 unspecified atom stereocenters.